The first kappa shape index (κ1) is 40.9. The van der Waals surface area contributed by atoms with Gasteiger partial charge in [-0.05, 0) is 69.4 Å². The Hall–Kier alpha value is -4.88. The standard InChI is InChI=1S/C18H23N3O3.C18H22N2O3.C3H5ClO2/c22-16(20-24)9-2-1-3-10-19-18(23)15-12-21-11-5-7-13-6-4-8-14(15)17(13)21;21-16(22)9-2-1-3-10-19-18(23)15-12-20-11-5-7-13-6-4-8-14(15)17(13)20;1-2-6-3(4)5/h4,6,8,12,24H,1-3,5,7,9-11H2,(H,19,23)(H,20,22);4,6,8,12H,1-3,5,7,9-11H2,(H,19,23)(H,21,22);2H2,1H3. The van der Waals surface area contributed by atoms with Crippen molar-refractivity contribution in [1.82, 2.24) is 25.2 Å². The summed E-state index contributed by atoms with van der Waals surface area (Å²) in [5, 5.41) is 25.0. The van der Waals surface area contributed by atoms with E-state index >= 15 is 0 Å². The van der Waals surface area contributed by atoms with E-state index in [9.17, 15) is 24.0 Å². The number of nitrogens with zero attached hydrogens (tertiary/aromatic N) is 2. The van der Waals surface area contributed by atoms with Crippen LogP contribution >= 0.6 is 11.6 Å². The van der Waals surface area contributed by atoms with E-state index in [4.69, 9.17) is 21.9 Å². The van der Waals surface area contributed by atoms with Crippen molar-refractivity contribution in [3.05, 3.63) is 71.0 Å². The SMILES string of the molecule is CCOC(=O)Cl.O=C(CCCCCNC(=O)c1cn2c3c(cccc13)CCC2)NO.O=C(O)CCCCCNC(=O)c1cn2c3c(cccc13)CCC2. The molecule has 13 nitrogen and oxygen atoms in total. The van der Waals surface area contributed by atoms with Gasteiger partial charge in [-0.15, -0.1) is 0 Å². The molecule has 0 fully saturated rings. The molecule has 0 unspecified atom stereocenters. The third kappa shape index (κ3) is 11.8. The molecular formula is C39H50ClN5O8. The predicted octanol–water partition coefficient (Wildman–Crippen LogP) is 6.73. The minimum absolute atomic E-state index is 0.0361. The Morgan fingerprint density at radius 1 is 0.736 bits per heavy atom. The molecule has 2 aromatic carbocycles. The zero-order valence-corrected chi connectivity index (χ0v) is 31.0. The third-order valence-electron chi connectivity index (χ3n) is 9.24. The zero-order chi connectivity index (χ0) is 38.2. The maximum absolute atomic E-state index is 12.5. The number of para-hydroxylation sites is 2. The van der Waals surface area contributed by atoms with Gasteiger partial charge < -0.3 is 29.6 Å². The van der Waals surface area contributed by atoms with Crippen LogP contribution in [0.3, 0.4) is 0 Å². The average Bonchev–Trinajstić information content (AvgIpc) is 3.73. The molecule has 2 aromatic heterocycles. The minimum atomic E-state index is -0.761. The van der Waals surface area contributed by atoms with Crippen molar-refractivity contribution in [3.63, 3.8) is 0 Å². The van der Waals surface area contributed by atoms with Gasteiger partial charge in [-0.25, -0.2) is 10.3 Å². The number of aromatic nitrogens is 2. The number of carbonyl (C=O) groups excluding carboxylic acids is 4. The zero-order valence-electron chi connectivity index (χ0n) is 30.3. The van der Waals surface area contributed by atoms with Gasteiger partial charge >= 0.3 is 11.4 Å². The molecule has 2 aliphatic rings. The number of halogens is 1. The molecule has 3 amide bonds. The van der Waals surface area contributed by atoms with E-state index in [1.165, 1.54) is 22.2 Å². The lowest BCUT2D eigenvalue weighted by molar-refractivity contribution is -0.137. The van der Waals surface area contributed by atoms with E-state index in [-0.39, 0.29) is 24.1 Å². The number of ether oxygens (including phenoxy) is 1. The van der Waals surface area contributed by atoms with Gasteiger partial charge in [-0.3, -0.25) is 24.4 Å². The lowest BCUT2D eigenvalue weighted by atomic mass is 10.0. The first-order valence-electron chi connectivity index (χ1n) is 18.4. The lowest BCUT2D eigenvalue weighted by Gasteiger charge is -2.14. The Morgan fingerprint density at radius 2 is 1.23 bits per heavy atom. The van der Waals surface area contributed by atoms with Gasteiger partial charge in [-0.1, -0.05) is 49.2 Å². The first-order chi connectivity index (χ1) is 25.6. The summed E-state index contributed by atoms with van der Waals surface area (Å²) in [5.74, 6) is -1.20. The fraction of sp³-hybridized carbons (Fsp3) is 0.462. The fourth-order valence-corrected chi connectivity index (χ4v) is 6.91. The summed E-state index contributed by atoms with van der Waals surface area (Å²) < 4.78 is 8.55. The highest BCUT2D eigenvalue weighted by molar-refractivity contribution is 6.61. The number of hydrogen-bond acceptors (Lipinski definition) is 7. The molecule has 0 radical (unpaired) electrons. The van der Waals surface area contributed by atoms with Crippen molar-refractivity contribution in [3.8, 4) is 0 Å². The quantitative estimate of drug-likeness (QED) is 0.0384. The van der Waals surface area contributed by atoms with Crippen molar-refractivity contribution in [2.24, 2.45) is 0 Å². The largest absolute Gasteiger partial charge is 0.481 e. The van der Waals surface area contributed by atoms with E-state index in [0.29, 0.717) is 39.0 Å². The third-order valence-corrected chi connectivity index (χ3v) is 9.35. The van der Waals surface area contributed by atoms with E-state index < -0.39 is 11.4 Å². The van der Waals surface area contributed by atoms with Crippen LogP contribution in [0.1, 0.15) is 103 Å². The monoisotopic (exact) mass is 751 g/mol. The van der Waals surface area contributed by atoms with Crippen LogP contribution in [0.2, 0.25) is 0 Å². The normalized spacial score (nSPS) is 12.5. The van der Waals surface area contributed by atoms with Crippen LogP contribution in [0, 0.1) is 0 Å². The summed E-state index contributed by atoms with van der Waals surface area (Å²) in [4.78, 5) is 55.8. The summed E-state index contributed by atoms with van der Waals surface area (Å²) in [7, 11) is 0. The van der Waals surface area contributed by atoms with Gasteiger partial charge in [0, 0.05) is 73.8 Å². The Bertz CT molecular complexity index is 1880. The molecule has 0 spiro atoms. The summed E-state index contributed by atoms with van der Waals surface area (Å²) in [5.41, 5.74) is 7.41. The van der Waals surface area contributed by atoms with Gasteiger partial charge in [0.05, 0.1) is 28.8 Å². The molecule has 0 saturated heterocycles. The van der Waals surface area contributed by atoms with Crippen LogP contribution in [0.25, 0.3) is 21.8 Å². The maximum Gasteiger partial charge on any atom is 0.403 e. The number of hydroxylamine groups is 1. The van der Waals surface area contributed by atoms with Gasteiger partial charge in [0.1, 0.15) is 0 Å². The molecule has 4 aromatic rings. The minimum Gasteiger partial charge on any atom is -0.481 e. The van der Waals surface area contributed by atoms with E-state index in [1.807, 2.05) is 36.7 Å². The highest BCUT2D eigenvalue weighted by Gasteiger charge is 2.20. The molecular weight excluding hydrogens is 702 g/mol. The van der Waals surface area contributed by atoms with Crippen LogP contribution in [0.5, 0.6) is 0 Å². The highest BCUT2D eigenvalue weighted by Crippen LogP contribution is 2.30. The second-order valence-corrected chi connectivity index (χ2v) is 13.3. The number of aryl methyl sites for hydroxylation is 4. The second kappa shape index (κ2) is 21.0. The van der Waals surface area contributed by atoms with Gasteiger partial charge in [-0.2, -0.15) is 0 Å². The Balaban J connectivity index is 0.000000206. The van der Waals surface area contributed by atoms with Crippen molar-refractivity contribution in [1.29, 1.82) is 0 Å². The Morgan fingerprint density at radius 3 is 1.64 bits per heavy atom. The summed E-state index contributed by atoms with van der Waals surface area (Å²) in [6, 6.07) is 12.4. The topological polar surface area (TPSA) is 181 Å². The molecule has 53 heavy (non-hydrogen) atoms. The van der Waals surface area contributed by atoms with Crippen LogP contribution in [0.4, 0.5) is 4.79 Å². The number of hydrogen-bond donors (Lipinski definition) is 5. The molecule has 14 heteroatoms. The lowest BCUT2D eigenvalue weighted by Crippen LogP contribution is -2.24. The molecule has 5 N–H and O–H groups in total. The number of amides is 3. The number of carboxylic acid groups (broad SMARTS) is 1. The number of unbranched alkanes of at least 4 members (excludes halogenated alkanes) is 4. The van der Waals surface area contributed by atoms with E-state index in [1.54, 1.807) is 12.4 Å². The fourth-order valence-electron chi connectivity index (χ4n) is 6.80. The van der Waals surface area contributed by atoms with E-state index in [0.717, 1.165) is 86.4 Å². The number of aliphatic carboxylic acids is 1. The number of carboxylic acids is 1. The molecule has 286 valence electrons. The Kier molecular flexibility index (Phi) is 16.2. The predicted molar refractivity (Wildman–Crippen MR) is 203 cm³/mol. The molecule has 0 atom stereocenters. The molecule has 4 heterocycles. The smallest absolute Gasteiger partial charge is 0.403 e. The molecule has 2 aliphatic heterocycles. The second-order valence-electron chi connectivity index (χ2n) is 13.0. The van der Waals surface area contributed by atoms with Crippen molar-refractivity contribution >= 4 is 62.5 Å². The Labute approximate surface area is 314 Å². The summed E-state index contributed by atoms with van der Waals surface area (Å²) >= 11 is 4.72. The molecule has 0 aliphatic carbocycles. The average molecular weight is 752 g/mol. The van der Waals surface area contributed by atoms with Crippen LogP contribution < -0.4 is 16.1 Å². The van der Waals surface area contributed by atoms with Crippen LogP contribution in [-0.4, -0.2) is 68.3 Å². The summed E-state index contributed by atoms with van der Waals surface area (Å²) in [6.07, 6.45) is 13.4. The molecule has 0 saturated carbocycles. The van der Waals surface area contributed by atoms with Gasteiger partial charge in [0.25, 0.3) is 11.8 Å². The maximum atomic E-state index is 12.5. The van der Waals surface area contributed by atoms with Crippen LogP contribution in [-0.2, 0) is 40.3 Å². The van der Waals surface area contributed by atoms with Crippen molar-refractivity contribution in [2.75, 3.05) is 19.7 Å². The van der Waals surface area contributed by atoms with E-state index in [2.05, 4.69) is 36.6 Å². The first-order valence-corrected chi connectivity index (χ1v) is 18.8. The number of carbonyl (C=O) groups is 5. The molecule has 6 rings (SSSR count). The van der Waals surface area contributed by atoms with Gasteiger partial charge in [0.2, 0.25) is 5.91 Å². The van der Waals surface area contributed by atoms with Crippen LogP contribution in [0.15, 0.2) is 48.8 Å². The number of nitrogens with one attached hydrogen (secondary N) is 3. The molecule has 0 bridgehead atoms. The van der Waals surface area contributed by atoms with Gasteiger partial charge in [0.15, 0.2) is 0 Å². The van der Waals surface area contributed by atoms with Crippen molar-refractivity contribution < 1.29 is 39.0 Å². The summed E-state index contributed by atoms with van der Waals surface area (Å²) in [6.45, 7) is 5.16. The highest BCUT2D eigenvalue weighted by atomic mass is 35.5. The number of benzene rings is 2. The number of rotatable bonds is 15. The van der Waals surface area contributed by atoms with Crippen molar-refractivity contribution in [2.45, 2.75) is 97.1 Å².